The minimum absolute atomic E-state index is 0.0670. The van der Waals surface area contributed by atoms with Crippen LogP contribution in [0.2, 0.25) is 0 Å². The van der Waals surface area contributed by atoms with Crippen LogP contribution >= 0.6 is 0 Å². The summed E-state index contributed by atoms with van der Waals surface area (Å²) in [7, 11) is -6.13. The van der Waals surface area contributed by atoms with Gasteiger partial charge in [-0.1, -0.05) is 18.2 Å². The third kappa shape index (κ3) is 5.97. The number of aromatic hydroxyl groups is 1. The largest absolute Gasteiger partial charge is 0.508 e. The predicted molar refractivity (Wildman–Crippen MR) is 80.8 cm³/mol. The molecule has 0 spiro atoms. The van der Waals surface area contributed by atoms with Crippen molar-refractivity contribution in [2.75, 3.05) is 12.5 Å². The Balaban J connectivity index is 0.000000211. The van der Waals surface area contributed by atoms with Crippen LogP contribution < -0.4 is 0 Å². The van der Waals surface area contributed by atoms with Gasteiger partial charge in [-0.05, 0) is 36.4 Å². The molecule has 0 radical (unpaired) electrons. The molecule has 0 saturated carbocycles. The molecule has 0 saturated heterocycles. The second-order valence-corrected chi connectivity index (χ2v) is 8.38. The summed E-state index contributed by atoms with van der Waals surface area (Å²) in [4.78, 5) is 0.588. The molecule has 114 valence electrons. The molecule has 0 aliphatic heterocycles. The van der Waals surface area contributed by atoms with Crippen LogP contribution in [-0.4, -0.2) is 34.5 Å². The maximum absolute atomic E-state index is 10.9. The lowest BCUT2D eigenvalue weighted by Gasteiger charge is -1.96. The SMILES string of the molecule is CS(=O)(=O)c1ccc(O)cc1.CS(=O)(=O)c1ccccc1. The Labute approximate surface area is 124 Å². The summed E-state index contributed by atoms with van der Waals surface area (Å²) in [5.41, 5.74) is 0. The van der Waals surface area contributed by atoms with E-state index in [0.29, 0.717) is 4.90 Å². The number of phenols is 1. The van der Waals surface area contributed by atoms with E-state index < -0.39 is 19.7 Å². The summed E-state index contributed by atoms with van der Waals surface area (Å²) >= 11 is 0. The Morgan fingerprint density at radius 1 is 0.667 bits per heavy atom. The molecule has 0 unspecified atom stereocenters. The topological polar surface area (TPSA) is 88.5 Å². The maximum Gasteiger partial charge on any atom is 0.175 e. The first-order valence-corrected chi connectivity index (χ1v) is 9.63. The third-order valence-electron chi connectivity index (χ3n) is 2.44. The van der Waals surface area contributed by atoms with Gasteiger partial charge in [-0.3, -0.25) is 0 Å². The van der Waals surface area contributed by atoms with Gasteiger partial charge in [0.1, 0.15) is 5.75 Å². The smallest absolute Gasteiger partial charge is 0.175 e. The Hall–Kier alpha value is -1.86. The van der Waals surface area contributed by atoms with Crippen LogP contribution in [0, 0.1) is 0 Å². The lowest BCUT2D eigenvalue weighted by molar-refractivity contribution is 0.475. The first-order chi connectivity index (χ1) is 9.60. The van der Waals surface area contributed by atoms with Crippen molar-refractivity contribution in [2.24, 2.45) is 0 Å². The molecule has 0 fully saturated rings. The normalized spacial score (nSPS) is 11.3. The first kappa shape index (κ1) is 17.2. The maximum atomic E-state index is 10.9. The zero-order chi connectivity index (χ0) is 16.1. The molecule has 21 heavy (non-hydrogen) atoms. The van der Waals surface area contributed by atoms with Gasteiger partial charge in [0.2, 0.25) is 0 Å². The monoisotopic (exact) mass is 328 g/mol. The standard InChI is InChI=1S/C7H8O3S.C7H8O2S/c1-11(9,10)7-4-2-6(8)3-5-7;1-10(8,9)7-5-3-2-4-6-7/h2-5,8H,1H3;2-6H,1H3. The molecule has 1 N–H and O–H groups in total. The second kappa shape index (κ2) is 6.73. The fourth-order valence-electron chi connectivity index (χ4n) is 1.36. The summed E-state index contributed by atoms with van der Waals surface area (Å²) in [5, 5.41) is 8.83. The number of hydrogen-bond donors (Lipinski definition) is 1. The van der Waals surface area contributed by atoms with E-state index >= 15 is 0 Å². The van der Waals surface area contributed by atoms with Crippen LogP contribution in [0.3, 0.4) is 0 Å². The third-order valence-corrected chi connectivity index (χ3v) is 4.69. The predicted octanol–water partition coefficient (Wildman–Crippen LogP) is 1.89. The van der Waals surface area contributed by atoms with E-state index in [0.717, 1.165) is 6.26 Å². The fraction of sp³-hybridized carbons (Fsp3) is 0.143. The van der Waals surface area contributed by atoms with E-state index in [2.05, 4.69) is 0 Å². The number of sulfone groups is 2. The van der Waals surface area contributed by atoms with Crippen LogP contribution in [0.25, 0.3) is 0 Å². The molecule has 2 aromatic rings. The summed E-state index contributed by atoms with van der Waals surface area (Å²) < 4.78 is 43.4. The van der Waals surface area contributed by atoms with E-state index in [4.69, 9.17) is 5.11 Å². The van der Waals surface area contributed by atoms with Crippen LogP contribution in [0.5, 0.6) is 5.75 Å². The molecule has 5 nitrogen and oxygen atoms in total. The molecular formula is C14H16O5S2. The molecule has 0 bridgehead atoms. The number of rotatable bonds is 2. The van der Waals surface area contributed by atoms with E-state index in [1.807, 2.05) is 0 Å². The van der Waals surface area contributed by atoms with Crippen LogP contribution in [0.4, 0.5) is 0 Å². The first-order valence-electron chi connectivity index (χ1n) is 5.85. The summed E-state index contributed by atoms with van der Waals surface area (Å²) in [6, 6.07) is 13.8. The summed E-state index contributed by atoms with van der Waals surface area (Å²) in [6.45, 7) is 0. The summed E-state index contributed by atoms with van der Waals surface area (Å²) in [5.74, 6) is 0.0670. The molecule has 7 heteroatoms. The van der Waals surface area contributed by atoms with Gasteiger partial charge < -0.3 is 5.11 Å². The average Bonchev–Trinajstić information content (AvgIpc) is 2.39. The summed E-state index contributed by atoms with van der Waals surface area (Å²) in [6.07, 6.45) is 2.32. The van der Waals surface area contributed by atoms with Gasteiger partial charge in [0.25, 0.3) is 0 Å². The highest BCUT2D eigenvalue weighted by atomic mass is 32.2. The Morgan fingerprint density at radius 3 is 1.38 bits per heavy atom. The fourth-order valence-corrected chi connectivity index (χ4v) is 2.64. The van der Waals surface area contributed by atoms with Gasteiger partial charge in [-0.2, -0.15) is 0 Å². The van der Waals surface area contributed by atoms with Crippen molar-refractivity contribution in [1.29, 1.82) is 0 Å². The Bertz CT molecular complexity index is 777. The van der Waals surface area contributed by atoms with Crippen molar-refractivity contribution in [3.05, 3.63) is 54.6 Å². The lowest BCUT2D eigenvalue weighted by atomic mass is 10.3. The Kier molecular flexibility index (Phi) is 5.51. The van der Waals surface area contributed by atoms with Crippen molar-refractivity contribution >= 4 is 19.7 Å². The van der Waals surface area contributed by atoms with Gasteiger partial charge in [0, 0.05) is 12.5 Å². The zero-order valence-corrected chi connectivity index (χ0v) is 13.2. The van der Waals surface area contributed by atoms with Gasteiger partial charge in [-0.15, -0.1) is 0 Å². The molecular weight excluding hydrogens is 312 g/mol. The van der Waals surface area contributed by atoms with Crippen LogP contribution in [0.1, 0.15) is 0 Å². The van der Waals surface area contributed by atoms with Gasteiger partial charge in [0.05, 0.1) is 9.79 Å². The van der Waals surface area contributed by atoms with E-state index in [1.165, 1.54) is 30.5 Å². The van der Waals surface area contributed by atoms with Gasteiger partial charge in [0.15, 0.2) is 19.7 Å². The van der Waals surface area contributed by atoms with E-state index in [-0.39, 0.29) is 10.6 Å². The molecule has 2 aromatic carbocycles. The minimum Gasteiger partial charge on any atom is -0.508 e. The van der Waals surface area contributed by atoms with Crippen LogP contribution in [-0.2, 0) is 19.7 Å². The molecule has 0 aromatic heterocycles. The highest BCUT2D eigenvalue weighted by Gasteiger charge is 2.05. The number of benzene rings is 2. The van der Waals surface area contributed by atoms with Crippen molar-refractivity contribution in [1.82, 2.24) is 0 Å². The molecule has 0 aliphatic rings. The van der Waals surface area contributed by atoms with Crippen molar-refractivity contribution in [2.45, 2.75) is 9.79 Å². The van der Waals surface area contributed by atoms with Crippen molar-refractivity contribution in [3.63, 3.8) is 0 Å². The second-order valence-electron chi connectivity index (χ2n) is 4.35. The molecule has 2 rings (SSSR count). The molecule has 0 aliphatic carbocycles. The number of phenolic OH excluding ortho intramolecular Hbond substituents is 1. The van der Waals surface area contributed by atoms with Crippen molar-refractivity contribution in [3.8, 4) is 5.75 Å². The minimum atomic E-state index is -3.13. The highest BCUT2D eigenvalue weighted by molar-refractivity contribution is 7.91. The van der Waals surface area contributed by atoms with Gasteiger partial charge in [-0.25, -0.2) is 16.8 Å². The lowest BCUT2D eigenvalue weighted by Crippen LogP contribution is -1.95. The van der Waals surface area contributed by atoms with E-state index in [1.54, 1.807) is 30.3 Å². The quantitative estimate of drug-likeness (QED) is 0.909. The Morgan fingerprint density at radius 2 is 1.05 bits per heavy atom. The average molecular weight is 328 g/mol. The van der Waals surface area contributed by atoms with E-state index in [9.17, 15) is 16.8 Å². The number of hydrogen-bond acceptors (Lipinski definition) is 5. The van der Waals surface area contributed by atoms with Gasteiger partial charge >= 0.3 is 0 Å². The molecule has 0 amide bonds. The van der Waals surface area contributed by atoms with Crippen LogP contribution in [0.15, 0.2) is 64.4 Å². The van der Waals surface area contributed by atoms with Crippen molar-refractivity contribution < 1.29 is 21.9 Å². The highest BCUT2D eigenvalue weighted by Crippen LogP contribution is 2.13. The molecule has 0 atom stereocenters. The molecule has 0 heterocycles. The zero-order valence-electron chi connectivity index (χ0n) is 11.6.